The van der Waals surface area contributed by atoms with Crippen LogP contribution in [0.1, 0.15) is 59.4 Å². The Balaban J connectivity index is 1.79. The molecule has 0 aromatic heterocycles. The van der Waals surface area contributed by atoms with Gasteiger partial charge < -0.3 is 15.5 Å². The average molecular weight is 374 g/mol. The van der Waals surface area contributed by atoms with Crippen LogP contribution in [-0.2, 0) is 10.2 Å². The molecule has 2 rings (SSSR count). The van der Waals surface area contributed by atoms with Crippen molar-refractivity contribution in [3.8, 4) is 0 Å². The third kappa shape index (κ3) is 6.26. The minimum atomic E-state index is -0.00000205. The van der Waals surface area contributed by atoms with Gasteiger partial charge in [0.1, 0.15) is 0 Å². The summed E-state index contributed by atoms with van der Waals surface area (Å²) < 4.78 is 0. The van der Waals surface area contributed by atoms with Crippen molar-refractivity contribution < 1.29 is 9.59 Å². The van der Waals surface area contributed by atoms with Crippen molar-refractivity contribution in [3.05, 3.63) is 35.9 Å². The Kier molecular flexibility index (Phi) is 7.28. The molecule has 0 spiro atoms. The lowest BCUT2D eigenvalue weighted by Crippen LogP contribution is -2.51. The van der Waals surface area contributed by atoms with Crippen LogP contribution in [0.15, 0.2) is 30.3 Å². The zero-order chi connectivity index (χ0) is 20.0. The van der Waals surface area contributed by atoms with Crippen molar-refractivity contribution in [1.82, 2.24) is 15.5 Å². The lowest BCUT2D eigenvalue weighted by molar-refractivity contribution is -0.124. The molecule has 0 saturated carbocycles. The lowest BCUT2D eigenvalue weighted by atomic mass is 9.79. The van der Waals surface area contributed by atoms with Gasteiger partial charge in [0, 0.05) is 31.1 Å². The van der Waals surface area contributed by atoms with E-state index in [2.05, 4.69) is 55.7 Å². The van der Waals surface area contributed by atoms with E-state index in [0.29, 0.717) is 13.1 Å². The highest BCUT2D eigenvalue weighted by molar-refractivity contribution is 5.78. The molecule has 5 heteroatoms. The normalized spacial score (nSPS) is 16.9. The molecule has 1 atom stereocenters. The van der Waals surface area contributed by atoms with Crippen LogP contribution < -0.4 is 10.6 Å². The molecule has 1 aromatic rings. The molecule has 1 unspecified atom stereocenters. The van der Waals surface area contributed by atoms with Gasteiger partial charge in [-0.15, -0.1) is 0 Å². The molecule has 3 amide bonds. The Morgan fingerprint density at radius 3 is 2.26 bits per heavy atom. The van der Waals surface area contributed by atoms with Crippen molar-refractivity contribution in [2.75, 3.05) is 13.1 Å². The number of benzene rings is 1. The number of likely N-dealkylation sites (tertiary alicyclic amines) is 1. The molecule has 0 bridgehead atoms. The van der Waals surface area contributed by atoms with Crippen molar-refractivity contribution in [1.29, 1.82) is 0 Å². The summed E-state index contributed by atoms with van der Waals surface area (Å²) in [6.45, 7) is 11.7. The van der Waals surface area contributed by atoms with Gasteiger partial charge in [0.2, 0.25) is 5.91 Å². The topological polar surface area (TPSA) is 61.4 Å². The quantitative estimate of drug-likeness (QED) is 0.799. The number of carbonyl (C=O) groups is 2. The van der Waals surface area contributed by atoms with Crippen LogP contribution in [0.3, 0.4) is 0 Å². The maximum Gasteiger partial charge on any atom is 0.317 e. The number of piperidine rings is 1. The standard InChI is InChI=1S/C22H35N3O2/c1-16(2)20(26)24-19-11-13-25(14-12-19)21(27)23-17(3)15-22(4,5)18-9-7-6-8-10-18/h6-10,16-17,19H,11-15H2,1-5H3,(H,23,27)(H,24,26). The first-order valence-electron chi connectivity index (χ1n) is 10.1. The van der Waals surface area contributed by atoms with Crippen molar-refractivity contribution in [2.45, 2.75) is 71.4 Å². The molecule has 5 nitrogen and oxygen atoms in total. The monoisotopic (exact) mass is 373 g/mol. The van der Waals surface area contributed by atoms with E-state index >= 15 is 0 Å². The fourth-order valence-corrected chi connectivity index (χ4v) is 3.72. The Morgan fingerprint density at radius 1 is 1.11 bits per heavy atom. The second-order valence-corrected chi connectivity index (χ2v) is 8.73. The van der Waals surface area contributed by atoms with Crippen LogP contribution in [0.4, 0.5) is 4.79 Å². The number of nitrogens with one attached hydrogen (secondary N) is 2. The van der Waals surface area contributed by atoms with Crippen LogP contribution >= 0.6 is 0 Å². The van der Waals surface area contributed by atoms with Gasteiger partial charge in [0.15, 0.2) is 0 Å². The number of nitrogens with zero attached hydrogens (tertiary/aromatic N) is 1. The zero-order valence-corrected chi connectivity index (χ0v) is 17.4. The van der Waals surface area contributed by atoms with Gasteiger partial charge in [-0.25, -0.2) is 4.79 Å². The number of carbonyl (C=O) groups excluding carboxylic acids is 2. The number of urea groups is 1. The second-order valence-electron chi connectivity index (χ2n) is 8.73. The van der Waals surface area contributed by atoms with E-state index in [1.807, 2.05) is 24.8 Å². The second kappa shape index (κ2) is 9.25. The zero-order valence-electron chi connectivity index (χ0n) is 17.4. The van der Waals surface area contributed by atoms with E-state index in [1.165, 1.54) is 5.56 Å². The maximum absolute atomic E-state index is 12.6. The summed E-state index contributed by atoms with van der Waals surface area (Å²) in [4.78, 5) is 26.3. The van der Waals surface area contributed by atoms with E-state index in [1.54, 1.807) is 0 Å². The van der Waals surface area contributed by atoms with Crippen molar-refractivity contribution >= 4 is 11.9 Å². The molecule has 1 saturated heterocycles. The molecular formula is C22H35N3O2. The highest BCUT2D eigenvalue weighted by atomic mass is 16.2. The van der Waals surface area contributed by atoms with E-state index in [-0.39, 0.29) is 35.4 Å². The largest absolute Gasteiger partial charge is 0.353 e. The Hall–Kier alpha value is -2.04. The Morgan fingerprint density at radius 2 is 1.70 bits per heavy atom. The molecule has 2 N–H and O–H groups in total. The molecule has 1 aromatic carbocycles. The van der Waals surface area contributed by atoms with Gasteiger partial charge in [-0.3, -0.25) is 4.79 Å². The van der Waals surface area contributed by atoms with Gasteiger partial charge in [-0.2, -0.15) is 0 Å². The van der Waals surface area contributed by atoms with Crippen molar-refractivity contribution in [2.24, 2.45) is 5.92 Å². The third-order valence-electron chi connectivity index (χ3n) is 5.39. The smallest absolute Gasteiger partial charge is 0.317 e. The van der Waals surface area contributed by atoms with Crippen LogP contribution in [0.2, 0.25) is 0 Å². The minimum absolute atomic E-state index is 0.00000205. The van der Waals surface area contributed by atoms with E-state index in [0.717, 1.165) is 19.3 Å². The average Bonchev–Trinajstić information content (AvgIpc) is 2.62. The number of hydrogen-bond donors (Lipinski definition) is 2. The van der Waals surface area contributed by atoms with E-state index in [9.17, 15) is 9.59 Å². The Labute approximate surface area is 163 Å². The number of amides is 3. The first-order valence-corrected chi connectivity index (χ1v) is 10.1. The molecule has 0 radical (unpaired) electrons. The predicted octanol–water partition coefficient (Wildman–Crippen LogP) is 3.69. The van der Waals surface area contributed by atoms with Crippen LogP contribution in [0.25, 0.3) is 0 Å². The summed E-state index contributed by atoms with van der Waals surface area (Å²) in [6, 6.07) is 10.7. The van der Waals surface area contributed by atoms with Crippen molar-refractivity contribution in [3.63, 3.8) is 0 Å². The first kappa shape index (κ1) is 21.3. The molecule has 0 aliphatic carbocycles. The van der Waals surface area contributed by atoms with Gasteiger partial charge in [-0.1, -0.05) is 58.0 Å². The number of hydrogen-bond acceptors (Lipinski definition) is 2. The van der Waals surface area contributed by atoms with E-state index < -0.39 is 0 Å². The summed E-state index contributed by atoms with van der Waals surface area (Å²) in [5.74, 6) is 0.0924. The molecule has 1 heterocycles. The first-order chi connectivity index (χ1) is 12.7. The fourth-order valence-electron chi connectivity index (χ4n) is 3.72. The summed E-state index contributed by atoms with van der Waals surface area (Å²) in [5.41, 5.74) is 1.29. The maximum atomic E-state index is 12.6. The molecule has 150 valence electrons. The third-order valence-corrected chi connectivity index (χ3v) is 5.39. The highest BCUT2D eigenvalue weighted by Crippen LogP contribution is 2.28. The van der Waals surface area contributed by atoms with Gasteiger partial charge in [-0.05, 0) is 37.2 Å². The van der Waals surface area contributed by atoms with Gasteiger partial charge in [0.25, 0.3) is 0 Å². The fraction of sp³-hybridized carbons (Fsp3) is 0.636. The summed E-state index contributed by atoms with van der Waals surface area (Å²) >= 11 is 0. The van der Waals surface area contributed by atoms with Gasteiger partial charge >= 0.3 is 6.03 Å². The highest BCUT2D eigenvalue weighted by Gasteiger charge is 2.27. The predicted molar refractivity (Wildman–Crippen MR) is 110 cm³/mol. The lowest BCUT2D eigenvalue weighted by Gasteiger charge is -2.34. The SMILES string of the molecule is CC(CC(C)(C)c1ccccc1)NC(=O)N1CCC(NC(=O)C(C)C)CC1. The molecule has 1 aliphatic rings. The molecule has 1 fully saturated rings. The minimum Gasteiger partial charge on any atom is -0.353 e. The van der Waals surface area contributed by atoms with Crippen LogP contribution in [0, 0.1) is 5.92 Å². The molecular weight excluding hydrogens is 338 g/mol. The van der Waals surface area contributed by atoms with Gasteiger partial charge in [0.05, 0.1) is 0 Å². The molecule has 1 aliphatic heterocycles. The summed E-state index contributed by atoms with van der Waals surface area (Å²) in [6.07, 6.45) is 2.51. The van der Waals surface area contributed by atoms with E-state index in [4.69, 9.17) is 0 Å². The van der Waals surface area contributed by atoms with Crippen LogP contribution in [0.5, 0.6) is 0 Å². The molecule has 27 heavy (non-hydrogen) atoms. The Bertz CT molecular complexity index is 620. The summed E-state index contributed by atoms with van der Waals surface area (Å²) in [7, 11) is 0. The summed E-state index contributed by atoms with van der Waals surface area (Å²) in [5, 5.41) is 6.22. The van der Waals surface area contributed by atoms with Crippen LogP contribution in [-0.4, -0.2) is 42.0 Å². The number of rotatable bonds is 6.